The number of carbonyl (C=O) groups is 1. The number of esters is 1. The Morgan fingerprint density at radius 3 is 2.05 bits per heavy atom. The van der Waals surface area contributed by atoms with Crippen molar-refractivity contribution in [3.63, 3.8) is 0 Å². The van der Waals surface area contributed by atoms with Gasteiger partial charge in [0.2, 0.25) is 0 Å². The van der Waals surface area contributed by atoms with Crippen LogP contribution in [-0.2, 0) is 14.9 Å². The molecule has 0 amide bonds. The normalized spacial score (nSPS) is 16.0. The first-order valence-corrected chi connectivity index (χ1v) is 13.5. The summed E-state index contributed by atoms with van der Waals surface area (Å²) < 4.78 is 19.0. The second-order valence-corrected chi connectivity index (χ2v) is 10.2. The quantitative estimate of drug-likeness (QED) is 0.289. The number of hydrogen-bond donors (Lipinski definition) is 0. The Balaban J connectivity index is 1.32. The van der Waals surface area contributed by atoms with E-state index in [4.69, 9.17) is 4.74 Å². The summed E-state index contributed by atoms with van der Waals surface area (Å²) in [5.74, 6) is -0.320. The van der Waals surface area contributed by atoms with Crippen LogP contribution < -0.4 is 4.90 Å². The van der Waals surface area contributed by atoms with Crippen LogP contribution in [0.1, 0.15) is 45.6 Å². The Kier molecular flexibility index (Phi) is 8.99. The second kappa shape index (κ2) is 12.4. The van der Waals surface area contributed by atoms with Gasteiger partial charge in [-0.15, -0.1) is 0 Å². The lowest BCUT2D eigenvalue weighted by Gasteiger charge is -2.37. The maximum absolute atomic E-state index is 13.3. The molecule has 0 N–H and O–H groups in total. The molecule has 3 aromatic rings. The molecule has 37 heavy (non-hydrogen) atoms. The van der Waals surface area contributed by atoms with Crippen molar-refractivity contribution < 1.29 is 13.9 Å². The average molecular weight is 503 g/mol. The molecule has 4 nitrogen and oxygen atoms in total. The SMILES string of the molecule is CCC(CCCN1CCN(c2ccc(-c3ccc(F)cc3)cc2)CC1)(C(=O)OC(C)C)c1ccccc1. The van der Waals surface area contributed by atoms with Crippen molar-refractivity contribution in [2.75, 3.05) is 37.6 Å². The second-order valence-electron chi connectivity index (χ2n) is 10.2. The number of hydrogen-bond acceptors (Lipinski definition) is 4. The zero-order valence-corrected chi connectivity index (χ0v) is 22.3. The number of carbonyl (C=O) groups excluding carboxylic acids is 1. The smallest absolute Gasteiger partial charge is 0.316 e. The monoisotopic (exact) mass is 502 g/mol. The molecule has 1 heterocycles. The Hall–Kier alpha value is -3.18. The van der Waals surface area contributed by atoms with Gasteiger partial charge in [0, 0.05) is 31.9 Å². The molecule has 196 valence electrons. The molecular weight excluding hydrogens is 463 g/mol. The zero-order chi connectivity index (χ0) is 26.3. The van der Waals surface area contributed by atoms with Crippen LogP contribution in [0.4, 0.5) is 10.1 Å². The molecule has 1 atom stereocenters. The first kappa shape index (κ1) is 26.9. The molecule has 3 aromatic carbocycles. The molecule has 0 radical (unpaired) electrons. The predicted molar refractivity (Wildman–Crippen MR) is 149 cm³/mol. The van der Waals surface area contributed by atoms with Crippen LogP contribution in [0.3, 0.4) is 0 Å². The van der Waals surface area contributed by atoms with Crippen molar-refractivity contribution >= 4 is 11.7 Å². The Morgan fingerprint density at radius 1 is 0.892 bits per heavy atom. The molecule has 1 fully saturated rings. The fraction of sp³-hybridized carbons (Fsp3) is 0.406. The van der Waals surface area contributed by atoms with Crippen molar-refractivity contribution in [3.05, 3.63) is 90.2 Å². The van der Waals surface area contributed by atoms with Gasteiger partial charge < -0.3 is 9.64 Å². The molecule has 5 heteroatoms. The van der Waals surface area contributed by atoms with E-state index in [1.165, 1.54) is 17.8 Å². The van der Waals surface area contributed by atoms with E-state index in [1.807, 2.05) is 44.2 Å². The van der Waals surface area contributed by atoms with E-state index < -0.39 is 5.41 Å². The molecule has 1 aliphatic rings. The van der Waals surface area contributed by atoms with E-state index in [0.29, 0.717) is 0 Å². The van der Waals surface area contributed by atoms with Gasteiger partial charge in [-0.1, -0.05) is 61.5 Å². The van der Waals surface area contributed by atoms with Crippen molar-refractivity contribution in [1.82, 2.24) is 4.90 Å². The number of rotatable bonds is 10. The van der Waals surface area contributed by atoms with Crippen LogP contribution in [-0.4, -0.2) is 49.7 Å². The summed E-state index contributed by atoms with van der Waals surface area (Å²) in [7, 11) is 0. The van der Waals surface area contributed by atoms with Gasteiger partial charge in [0.15, 0.2) is 0 Å². The lowest BCUT2D eigenvalue weighted by atomic mass is 9.74. The van der Waals surface area contributed by atoms with Crippen molar-refractivity contribution in [1.29, 1.82) is 0 Å². The van der Waals surface area contributed by atoms with Gasteiger partial charge in [-0.25, -0.2) is 4.39 Å². The van der Waals surface area contributed by atoms with Gasteiger partial charge in [0.1, 0.15) is 5.82 Å². The largest absolute Gasteiger partial charge is 0.462 e. The highest BCUT2D eigenvalue weighted by Gasteiger charge is 2.40. The summed E-state index contributed by atoms with van der Waals surface area (Å²) in [6, 6.07) is 25.3. The Labute approximate surface area is 221 Å². The van der Waals surface area contributed by atoms with Crippen LogP contribution in [0, 0.1) is 5.82 Å². The summed E-state index contributed by atoms with van der Waals surface area (Å²) in [6.07, 6.45) is 2.33. The fourth-order valence-electron chi connectivity index (χ4n) is 5.31. The van der Waals surface area contributed by atoms with Crippen molar-refractivity contribution in [3.8, 4) is 11.1 Å². The average Bonchev–Trinajstić information content (AvgIpc) is 2.92. The predicted octanol–water partition coefficient (Wildman–Crippen LogP) is 6.69. The number of anilines is 1. The molecule has 1 aliphatic heterocycles. The fourth-order valence-corrected chi connectivity index (χ4v) is 5.31. The van der Waals surface area contributed by atoms with Crippen LogP contribution >= 0.6 is 0 Å². The third-order valence-corrected chi connectivity index (χ3v) is 7.52. The van der Waals surface area contributed by atoms with Crippen LogP contribution in [0.25, 0.3) is 11.1 Å². The molecular formula is C32H39FN2O2. The van der Waals surface area contributed by atoms with Gasteiger partial charge in [-0.05, 0) is 80.6 Å². The van der Waals surface area contributed by atoms with Crippen molar-refractivity contribution in [2.24, 2.45) is 0 Å². The van der Waals surface area contributed by atoms with E-state index in [2.05, 4.69) is 53.1 Å². The molecule has 0 spiro atoms. The number of benzene rings is 3. The lowest BCUT2D eigenvalue weighted by molar-refractivity contribution is -0.155. The highest BCUT2D eigenvalue weighted by Crippen LogP contribution is 2.35. The van der Waals surface area contributed by atoms with Crippen LogP contribution in [0.5, 0.6) is 0 Å². The van der Waals surface area contributed by atoms with Gasteiger partial charge in [0.05, 0.1) is 11.5 Å². The number of halogens is 1. The minimum absolute atomic E-state index is 0.106. The number of ether oxygens (including phenoxy) is 1. The standard InChI is InChI=1S/C32H39FN2O2/c1-4-32(31(36)37-25(2)3,28-9-6-5-7-10-28)19-8-20-34-21-23-35(24-22-34)30-17-13-27(14-18-30)26-11-15-29(33)16-12-26/h5-7,9-18,25H,4,8,19-24H2,1-3H3. The summed E-state index contributed by atoms with van der Waals surface area (Å²) in [6.45, 7) is 10.8. The van der Waals surface area contributed by atoms with E-state index in [0.717, 1.165) is 68.7 Å². The maximum Gasteiger partial charge on any atom is 0.316 e. The highest BCUT2D eigenvalue weighted by molar-refractivity contribution is 5.83. The van der Waals surface area contributed by atoms with E-state index in [9.17, 15) is 9.18 Å². The highest BCUT2D eigenvalue weighted by atomic mass is 19.1. The Morgan fingerprint density at radius 2 is 1.49 bits per heavy atom. The van der Waals surface area contributed by atoms with Crippen molar-refractivity contribution in [2.45, 2.75) is 51.6 Å². The third-order valence-electron chi connectivity index (χ3n) is 7.52. The first-order valence-electron chi connectivity index (χ1n) is 13.5. The zero-order valence-electron chi connectivity index (χ0n) is 22.3. The molecule has 0 saturated carbocycles. The van der Waals surface area contributed by atoms with E-state index >= 15 is 0 Å². The third kappa shape index (κ3) is 6.58. The molecule has 0 aromatic heterocycles. The molecule has 1 saturated heterocycles. The molecule has 1 unspecified atom stereocenters. The van der Waals surface area contributed by atoms with Crippen LogP contribution in [0.15, 0.2) is 78.9 Å². The Bertz CT molecular complexity index is 1120. The number of piperazine rings is 1. The topological polar surface area (TPSA) is 32.8 Å². The summed E-state index contributed by atoms with van der Waals surface area (Å²) >= 11 is 0. The van der Waals surface area contributed by atoms with Crippen LogP contribution in [0.2, 0.25) is 0 Å². The van der Waals surface area contributed by atoms with Gasteiger partial charge in [-0.2, -0.15) is 0 Å². The van der Waals surface area contributed by atoms with E-state index in [-0.39, 0.29) is 17.9 Å². The maximum atomic E-state index is 13.3. The van der Waals surface area contributed by atoms with Gasteiger partial charge in [-0.3, -0.25) is 9.69 Å². The minimum atomic E-state index is -0.598. The van der Waals surface area contributed by atoms with Gasteiger partial charge in [0.25, 0.3) is 0 Å². The van der Waals surface area contributed by atoms with E-state index in [1.54, 1.807) is 0 Å². The molecule has 0 bridgehead atoms. The number of nitrogens with zero attached hydrogens (tertiary/aromatic N) is 2. The summed E-state index contributed by atoms with van der Waals surface area (Å²) in [5.41, 5.74) is 3.79. The summed E-state index contributed by atoms with van der Waals surface area (Å²) in [5, 5.41) is 0. The molecule has 4 rings (SSSR count). The lowest BCUT2D eigenvalue weighted by Crippen LogP contribution is -2.47. The summed E-state index contributed by atoms with van der Waals surface area (Å²) in [4.78, 5) is 18.2. The first-order chi connectivity index (χ1) is 17.9. The molecule has 0 aliphatic carbocycles. The minimum Gasteiger partial charge on any atom is -0.462 e. The van der Waals surface area contributed by atoms with Gasteiger partial charge >= 0.3 is 5.97 Å².